The molecule has 1 atom stereocenters. The normalized spacial score (nSPS) is 18.8. The summed E-state index contributed by atoms with van der Waals surface area (Å²) in [7, 11) is 0. The van der Waals surface area contributed by atoms with E-state index in [1.807, 2.05) is 0 Å². The molecule has 1 saturated heterocycles. The molecule has 1 fully saturated rings. The average molecular weight is 265 g/mol. The lowest BCUT2D eigenvalue weighted by molar-refractivity contribution is -0.384. The number of hydrogen-bond donors (Lipinski definition) is 2. The number of hydrogen-bond acceptors (Lipinski definition) is 5. The van der Waals surface area contributed by atoms with Crippen LogP contribution in [0, 0.1) is 10.1 Å². The molecule has 0 bridgehead atoms. The van der Waals surface area contributed by atoms with Gasteiger partial charge in [-0.3, -0.25) is 14.9 Å². The number of nitrogens with zero attached hydrogens (tertiary/aromatic N) is 1. The topological polar surface area (TPSA) is 93.5 Å². The monoisotopic (exact) mass is 265 g/mol. The van der Waals surface area contributed by atoms with Crippen LogP contribution in [0.3, 0.4) is 0 Å². The van der Waals surface area contributed by atoms with Crippen LogP contribution in [0.15, 0.2) is 24.3 Å². The molecule has 1 aliphatic rings. The van der Waals surface area contributed by atoms with Gasteiger partial charge in [0.25, 0.3) is 11.6 Å². The number of nitrogens with one attached hydrogen (secondary N) is 2. The first-order valence-electron chi connectivity index (χ1n) is 6.00. The van der Waals surface area contributed by atoms with Gasteiger partial charge in [-0.05, 0) is 12.1 Å². The van der Waals surface area contributed by atoms with Crippen molar-refractivity contribution >= 4 is 11.6 Å². The van der Waals surface area contributed by atoms with E-state index in [1.54, 1.807) is 0 Å². The lowest BCUT2D eigenvalue weighted by atomic mass is 10.2. The Bertz CT molecular complexity index is 455. The van der Waals surface area contributed by atoms with Crippen LogP contribution in [0.4, 0.5) is 5.69 Å². The van der Waals surface area contributed by atoms with Gasteiger partial charge in [0.15, 0.2) is 0 Å². The number of ether oxygens (including phenoxy) is 1. The summed E-state index contributed by atoms with van der Waals surface area (Å²) in [5.74, 6) is -0.248. The summed E-state index contributed by atoms with van der Waals surface area (Å²) in [6.45, 7) is 2.50. The summed E-state index contributed by atoms with van der Waals surface area (Å²) < 4.78 is 5.27. The maximum Gasteiger partial charge on any atom is 0.269 e. The molecule has 1 aromatic carbocycles. The number of rotatable bonds is 4. The lowest BCUT2D eigenvalue weighted by Gasteiger charge is -2.23. The van der Waals surface area contributed by atoms with Crippen LogP contribution in [-0.2, 0) is 4.74 Å². The zero-order valence-corrected chi connectivity index (χ0v) is 10.3. The van der Waals surface area contributed by atoms with Crippen molar-refractivity contribution in [3.63, 3.8) is 0 Å². The second-order valence-corrected chi connectivity index (χ2v) is 4.24. The molecule has 2 rings (SSSR count). The zero-order chi connectivity index (χ0) is 13.7. The number of morpholine rings is 1. The summed E-state index contributed by atoms with van der Waals surface area (Å²) in [5.41, 5.74) is 0.376. The largest absolute Gasteiger partial charge is 0.378 e. The fraction of sp³-hybridized carbons (Fsp3) is 0.417. The second-order valence-electron chi connectivity index (χ2n) is 4.24. The van der Waals surface area contributed by atoms with Crippen molar-refractivity contribution in [2.24, 2.45) is 0 Å². The second kappa shape index (κ2) is 6.26. The lowest BCUT2D eigenvalue weighted by Crippen LogP contribution is -2.48. The summed E-state index contributed by atoms with van der Waals surface area (Å²) in [6.07, 6.45) is 0. The highest BCUT2D eigenvalue weighted by Gasteiger charge is 2.15. The Labute approximate surface area is 110 Å². The van der Waals surface area contributed by atoms with Crippen LogP contribution in [0.5, 0.6) is 0 Å². The van der Waals surface area contributed by atoms with Gasteiger partial charge < -0.3 is 15.4 Å². The SMILES string of the molecule is O=C(NCC1COCCN1)c1ccc([N+](=O)[O-])cc1. The van der Waals surface area contributed by atoms with Gasteiger partial charge in [-0.1, -0.05) is 0 Å². The molecule has 1 heterocycles. The quantitative estimate of drug-likeness (QED) is 0.603. The van der Waals surface area contributed by atoms with Crippen LogP contribution >= 0.6 is 0 Å². The van der Waals surface area contributed by atoms with E-state index in [2.05, 4.69) is 10.6 Å². The first kappa shape index (κ1) is 13.4. The minimum Gasteiger partial charge on any atom is -0.378 e. The van der Waals surface area contributed by atoms with Crippen LogP contribution in [-0.4, -0.2) is 43.2 Å². The highest BCUT2D eigenvalue weighted by Crippen LogP contribution is 2.11. The maximum atomic E-state index is 11.8. The van der Waals surface area contributed by atoms with E-state index >= 15 is 0 Å². The molecule has 1 aliphatic heterocycles. The van der Waals surface area contributed by atoms with Gasteiger partial charge >= 0.3 is 0 Å². The average Bonchev–Trinajstić information content (AvgIpc) is 2.46. The molecule has 0 saturated carbocycles. The number of benzene rings is 1. The minimum atomic E-state index is -0.495. The first-order chi connectivity index (χ1) is 9.16. The van der Waals surface area contributed by atoms with E-state index < -0.39 is 4.92 Å². The van der Waals surface area contributed by atoms with Crippen molar-refractivity contribution in [1.29, 1.82) is 0 Å². The molecule has 0 radical (unpaired) electrons. The molecule has 1 aromatic rings. The fourth-order valence-corrected chi connectivity index (χ4v) is 1.80. The van der Waals surface area contributed by atoms with Crippen LogP contribution in [0.1, 0.15) is 10.4 Å². The Hall–Kier alpha value is -1.99. The highest BCUT2D eigenvalue weighted by atomic mass is 16.6. The van der Waals surface area contributed by atoms with E-state index in [4.69, 9.17) is 4.74 Å². The van der Waals surface area contributed by atoms with E-state index in [0.29, 0.717) is 25.3 Å². The molecule has 19 heavy (non-hydrogen) atoms. The van der Waals surface area contributed by atoms with Gasteiger partial charge in [-0.25, -0.2) is 0 Å². The Balaban J connectivity index is 1.86. The third-order valence-corrected chi connectivity index (χ3v) is 2.85. The molecule has 1 amide bonds. The van der Waals surface area contributed by atoms with Crippen LogP contribution in [0.25, 0.3) is 0 Å². The molecule has 2 N–H and O–H groups in total. The van der Waals surface area contributed by atoms with E-state index in [0.717, 1.165) is 6.54 Å². The van der Waals surface area contributed by atoms with Crippen molar-refractivity contribution in [2.45, 2.75) is 6.04 Å². The van der Waals surface area contributed by atoms with Crippen molar-refractivity contribution < 1.29 is 14.5 Å². The van der Waals surface area contributed by atoms with Gasteiger partial charge in [-0.2, -0.15) is 0 Å². The van der Waals surface area contributed by atoms with Crippen molar-refractivity contribution in [3.05, 3.63) is 39.9 Å². The predicted molar refractivity (Wildman–Crippen MR) is 68.0 cm³/mol. The summed E-state index contributed by atoms with van der Waals surface area (Å²) in [4.78, 5) is 21.8. The van der Waals surface area contributed by atoms with E-state index in [9.17, 15) is 14.9 Å². The van der Waals surface area contributed by atoms with Gasteiger partial charge in [0.1, 0.15) is 0 Å². The molecule has 0 spiro atoms. The summed E-state index contributed by atoms with van der Waals surface area (Å²) in [5, 5.41) is 16.5. The Kier molecular flexibility index (Phi) is 4.43. The molecular weight excluding hydrogens is 250 g/mol. The van der Waals surface area contributed by atoms with Crippen LogP contribution in [0.2, 0.25) is 0 Å². The standard InChI is InChI=1S/C12H15N3O4/c16-12(14-7-10-8-19-6-5-13-10)9-1-3-11(4-2-9)15(17)18/h1-4,10,13H,5-8H2,(H,14,16). The van der Waals surface area contributed by atoms with Gasteiger partial charge in [0.05, 0.1) is 18.1 Å². The van der Waals surface area contributed by atoms with Gasteiger partial charge in [0, 0.05) is 36.8 Å². The van der Waals surface area contributed by atoms with Crippen LogP contribution < -0.4 is 10.6 Å². The molecular formula is C12H15N3O4. The molecule has 7 nitrogen and oxygen atoms in total. The Morgan fingerprint density at radius 2 is 2.21 bits per heavy atom. The fourth-order valence-electron chi connectivity index (χ4n) is 1.80. The van der Waals surface area contributed by atoms with Crippen molar-refractivity contribution in [3.8, 4) is 0 Å². The van der Waals surface area contributed by atoms with E-state index in [-0.39, 0.29) is 17.6 Å². The molecule has 0 aliphatic carbocycles. The van der Waals surface area contributed by atoms with Gasteiger partial charge in [0.2, 0.25) is 0 Å². The Morgan fingerprint density at radius 3 is 2.79 bits per heavy atom. The highest BCUT2D eigenvalue weighted by molar-refractivity contribution is 5.94. The zero-order valence-electron chi connectivity index (χ0n) is 10.3. The number of nitro groups is 1. The molecule has 102 valence electrons. The summed E-state index contributed by atoms with van der Waals surface area (Å²) >= 11 is 0. The molecule has 0 aromatic heterocycles. The number of amides is 1. The number of carbonyl (C=O) groups excluding carboxylic acids is 1. The predicted octanol–water partition coefficient (Wildman–Crippen LogP) is 0.313. The summed E-state index contributed by atoms with van der Waals surface area (Å²) in [6, 6.07) is 5.63. The third-order valence-electron chi connectivity index (χ3n) is 2.85. The Morgan fingerprint density at radius 1 is 1.47 bits per heavy atom. The number of carbonyl (C=O) groups is 1. The van der Waals surface area contributed by atoms with Crippen molar-refractivity contribution in [2.75, 3.05) is 26.3 Å². The minimum absolute atomic E-state index is 0.0288. The van der Waals surface area contributed by atoms with Crippen molar-refractivity contribution in [1.82, 2.24) is 10.6 Å². The number of nitro benzene ring substituents is 1. The molecule has 1 unspecified atom stereocenters. The third kappa shape index (κ3) is 3.73. The first-order valence-corrected chi connectivity index (χ1v) is 6.00. The maximum absolute atomic E-state index is 11.8. The van der Waals surface area contributed by atoms with Gasteiger partial charge in [-0.15, -0.1) is 0 Å². The molecule has 7 heteroatoms. The number of non-ortho nitro benzene ring substituents is 1. The van der Waals surface area contributed by atoms with E-state index in [1.165, 1.54) is 24.3 Å². The smallest absolute Gasteiger partial charge is 0.269 e.